The van der Waals surface area contributed by atoms with Gasteiger partial charge >= 0.3 is 0 Å². The maximum absolute atomic E-state index is 8.85. The average molecular weight is 229 g/mol. The second-order valence-corrected chi connectivity index (χ2v) is 4.28. The summed E-state index contributed by atoms with van der Waals surface area (Å²) >= 11 is 1.73. The summed E-state index contributed by atoms with van der Waals surface area (Å²) in [5, 5.41) is 16.5. The molecule has 1 heterocycles. The zero-order valence-electron chi connectivity index (χ0n) is 9.11. The molecule has 1 rings (SSSR count). The number of rotatable bonds is 8. The third-order valence-electron chi connectivity index (χ3n) is 2.27. The average Bonchev–Trinajstić information content (AvgIpc) is 2.71. The minimum absolute atomic E-state index is 0.208. The molecule has 0 spiro atoms. The van der Waals surface area contributed by atoms with Crippen LogP contribution in [0.1, 0.15) is 12.0 Å². The van der Waals surface area contributed by atoms with E-state index in [1.165, 1.54) is 5.56 Å². The van der Waals surface area contributed by atoms with Crippen molar-refractivity contribution in [2.45, 2.75) is 18.9 Å². The Labute approximate surface area is 95.1 Å². The van der Waals surface area contributed by atoms with E-state index in [2.05, 4.69) is 22.1 Å². The number of aliphatic hydroxyl groups is 1. The highest BCUT2D eigenvalue weighted by molar-refractivity contribution is 7.07. The lowest BCUT2D eigenvalue weighted by molar-refractivity contribution is 0.149. The molecule has 4 heteroatoms. The quantitative estimate of drug-likeness (QED) is 0.705. The van der Waals surface area contributed by atoms with Gasteiger partial charge in [-0.25, -0.2) is 0 Å². The van der Waals surface area contributed by atoms with Crippen LogP contribution in [-0.2, 0) is 11.2 Å². The number of methoxy groups -OCH3 is 1. The molecular weight excluding hydrogens is 210 g/mol. The molecule has 0 aliphatic carbocycles. The van der Waals surface area contributed by atoms with Crippen molar-refractivity contribution in [3.8, 4) is 0 Å². The van der Waals surface area contributed by atoms with E-state index in [0.29, 0.717) is 6.61 Å². The maximum Gasteiger partial charge on any atom is 0.0616 e. The van der Waals surface area contributed by atoms with Crippen LogP contribution in [0.5, 0.6) is 0 Å². The lowest BCUT2D eigenvalue weighted by Crippen LogP contribution is -2.35. The van der Waals surface area contributed by atoms with Crippen molar-refractivity contribution in [3.05, 3.63) is 22.4 Å². The third-order valence-corrected chi connectivity index (χ3v) is 3.00. The number of thiophene rings is 1. The van der Waals surface area contributed by atoms with Crippen LogP contribution in [0.3, 0.4) is 0 Å². The van der Waals surface area contributed by atoms with Gasteiger partial charge in [-0.2, -0.15) is 11.3 Å². The molecular formula is C11H19NO2S. The zero-order valence-corrected chi connectivity index (χ0v) is 9.93. The molecule has 0 saturated heterocycles. The molecule has 0 saturated carbocycles. The van der Waals surface area contributed by atoms with Crippen molar-refractivity contribution >= 4 is 11.3 Å². The Kier molecular flexibility index (Phi) is 6.59. The van der Waals surface area contributed by atoms with Crippen molar-refractivity contribution < 1.29 is 9.84 Å². The fourth-order valence-electron chi connectivity index (χ4n) is 1.46. The van der Waals surface area contributed by atoms with Crippen molar-refractivity contribution in [3.63, 3.8) is 0 Å². The molecule has 0 aliphatic rings. The van der Waals surface area contributed by atoms with Crippen LogP contribution >= 0.6 is 11.3 Å². The van der Waals surface area contributed by atoms with Crippen LogP contribution in [-0.4, -0.2) is 38.0 Å². The summed E-state index contributed by atoms with van der Waals surface area (Å²) in [6, 6.07) is 2.41. The Bertz CT molecular complexity index is 233. The smallest absolute Gasteiger partial charge is 0.0616 e. The molecule has 0 aliphatic heterocycles. The molecule has 0 bridgehead atoms. The minimum atomic E-state index is 0.208. The summed E-state index contributed by atoms with van der Waals surface area (Å²) < 4.78 is 5.07. The molecule has 1 aromatic heterocycles. The zero-order chi connectivity index (χ0) is 10.9. The second kappa shape index (κ2) is 7.82. The summed E-state index contributed by atoms with van der Waals surface area (Å²) in [7, 11) is 1.69. The summed E-state index contributed by atoms with van der Waals surface area (Å²) in [4.78, 5) is 0. The summed E-state index contributed by atoms with van der Waals surface area (Å²) in [6.07, 6.45) is 1.78. The first-order valence-corrected chi connectivity index (χ1v) is 6.15. The van der Waals surface area contributed by atoms with E-state index >= 15 is 0 Å². The highest BCUT2D eigenvalue weighted by Crippen LogP contribution is 2.05. The molecule has 1 aromatic rings. The van der Waals surface area contributed by atoms with Gasteiger partial charge in [0.25, 0.3) is 0 Å². The number of aliphatic hydroxyl groups excluding tert-OH is 1. The van der Waals surface area contributed by atoms with Crippen molar-refractivity contribution in [2.75, 3.05) is 26.9 Å². The molecule has 2 N–H and O–H groups in total. The Hall–Kier alpha value is -0.420. The number of hydrogen-bond donors (Lipinski definition) is 2. The highest BCUT2D eigenvalue weighted by Gasteiger charge is 2.06. The van der Waals surface area contributed by atoms with E-state index in [0.717, 1.165) is 19.4 Å². The van der Waals surface area contributed by atoms with Gasteiger partial charge in [0, 0.05) is 19.8 Å². The van der Waals surface area contributed by atoms with E-state index < -0.39 is 0 Å². The van der Waals surface area contributed by atoms with E-state index in [1.807, 2.05) is 0 Å². The third kappa shape index (κ3) is 5.28. The van der Waals surface area contributed by atoms with Gasteiger partial charge in [-0.3, -0.25) is 0 Å². The SMILES string of the molecule is COCC(CCO)NCCc1ccsc1. The summed E-state index contributed by atoms with van der Waals surface area (Å²) in [5.74, 6) is 0. The van der Waals surface area contributed by atoms with Gasteiger partial charge in [-0.15, -0.1) is 0 Å². The summed E-state index contributed by atoms with van der Waals surface area (Å²) in [6.45, 7) is 1.80. The first-order valence-electron chi connectivity index (χ1n) is 5.21. The molecule has 1 atom stereocenters. The van der Waals surface area contributed by atoms with E-state index in [-0.39, 0.29) is 12.6 Å². The second-order valence-electron chi connectivity index (χ2n) is 3.50. The molecule has 86 valence electrons. The van der Waals surface area contributed by atoms with Crippen molar-refractivity contribution in [1.82, 2.24) is 5.32 Å². The summed E-state index contributed by atoms with van der Waals surface area (Å²) in [5.41, 5.74) is 1.37. The van der Waals surface area contributed by atoms with Crippen LogP contribution < -0.4 is 5.32 Å². The standard InChI is InChI=1S/C11H19NO2S/c1-14-8-11(3-6-13)12-5-2-10-4-7-15-9-10/h4,7,9,11-13H,2-3,5-6,8H2,1H3. The van der Waals surface area contributed by atoms with Gasteiger partial charge in [0.15, 0.2) is 0 Å². The van der Waals surface area contributed by atoms with Crippen LogP contribution in [0.25, 0.3) is 0 Å². The van der Waals surface area contributed by atoms with Crippen molar-refractivity contribution in [2.24, 2.45) is 0 Å². The normalized spacial score (nSPS) is 12.9. The Morgan fingerprint density at radius 3 is 3.07 bits per heavy atom. The van der Waals surface area contributed by atoms with Crippen LogP contribution in [0.15, 0.2) is 16.8 Å². The molecule has 15 heavy (non-hydrogen) atoms. The predicted molar refractivity (Wildman–Crippen MR) is 63.4 cm³/mol. The van der Waals surface area contributed by atoms with Gasteiger partial charge < -0.3 is 15.2 Å². The number of nitrogens with one attached hydrogen (secondary N) is 1. The van der Waals surface area contributed by atoms with E-state index in [1.54, 1.807) is 18.4 Å². The van der Waals surface area contributed by atoms with E-state index in [4.69, 9.17) is 9.84 Å². The fourth-order valence-corrected chi connectivity index (χ4v) is 2.16. The highest BCUT2D eigenvalue weighted by atomic mass is 32.1. The monoisotopic (exact) mass is 229 g/mol. The maximum atomic E-state index is 8.85. The van der Waals surface area contributed by atoms with Crippen LogP contribution in [0.2, 0.25) is 0 Å². The number of hydrogen-bond acceptors (Lipinski definition) is 4. The molecule has 0 aromatic carbocycles. The molecule has 1 unspecified atom stereocenters. The van der Waals surface area contributed by atoms with Gasteiger partial charge in [0.1, 0.15) is 0 Å². The van der Waals surface area contributed by atoms with Crippen LogP contribution in [0.4, 0.5) is 0 Å². The lowest BCUT2D eigenvalue weighted by Gasteiger charge is -2.16. The minimum Gasteiger partial charge on any atom is -0.396 e. The van der Waals surface area contributed by atoms with Crippen molar-refractivity contribution in [1.29, 1.82) is 0 Å². The van der Waals surface area contributed by atoms with Crippen LogP contribution in [0, 0.1) is 0 Å². The van der Waals surface area contributed by atoms with Gasteiger partial charge in [0.2, 0.25) is 0 Å². The Morgan fingerprint density at radius 1 is 1.60 bits per heavy atom. The lowest BCUT2D eigenvalue weighted by atomic mass is 10.2. The molecule has 0 radical (unpaired) electrons. The Balaban J connectivity index is 2.15. The first kappa shape index (κ1) is 12.6. The van der Waals surface area contributed by atoms with Gasteiger partial charge in [0.05, 0.1) is 6.61 Å². The Morgan fingerprint density at radius 2 is 2.47 bits per heavy atom. The first-order chi connectivity index (χ1) is 7.36. The largest absolute Gasteiger partial charge is 0.396 e. The van der Waals surface area contributed by atoms with E-state index in [9.17, 15) is 0 Å². The molecule has 3 nitrogen and oxygen atoms in total. The van der Waals surface area contributed by atoms with Gasteiger partial charge in [-0.05, 0) is 41.8 Å². The predicted octanol–water partition coefficient (Wildman–Crippen LogP) is 1.28. The fraction of sp³-hybridized carbons (Fsp3) is 0.636. The van der Waals surface area contributed by atoms with Gasteiger partial charge in [-0.1, -0.05) is 0 Å². The molecule has 0 fully saturated rings. The molecule has 0 amide bonds. The topological polar surface area (TPSA) is 41.5 Å². The number of ether oxygens (including phenoxy) is 1.